The summed E-state index contributed by atoms with van der Waals surface area (Å²) in [5.41, 5.74) is 0.0474. The van der Waals surface area contributed by atoms with Gasteiger partial charge in [-0.05, 0) is 45.2 Å². The molecule has 0 unspecified atom stereocenters. The minimum atomic E-state index is -0.759. The van der Waals surface area contributed by atoms with E-state index in [-0.39, 0.29) is 16.8 Å². The molecule has 142 valence electrons. The zero-order valence-electron chi connectivity index (χ0n) is 15.4. The standard InChI is InChI=1S/C18H25N3O5/c1-4-18(2,3)19-16(22)12-26-17(23)13-7-8-14(15(11-13)21(24)25)20-9-5-6-10-20/h7-8,11H,4-6,9-10,12H2,1-3H3,(H,19,22). The molecule has 0 atom stereocenters. The lowest BCUT2D eigenvalue weighted by Gasteiger charge is -2.24. The summed E-state index contributed by atoms with van der Waals surface area (Å²) >= 11 is 0. The number of nitrogens with zero attached hydrogens (tertiary/aromatic N) is 2. The maximum absolute atomic E-state index is 12.2. The summed E-state index contributed by atoms with van der Waals surface area (Å²) < 4.78 is 4.99. The van der Waals surface area contributed by atoms with Gasteiger partial charge in [-0.2, -0.15) is 0 Å². The normalized spacial score (nSPS) is 14.2. The Bertz CT molecular complexity index is 696. The van der Waals surface area contributed by atoms with Crippen molar-refractivity contribution in [2.24, 2.45) is 0 Å². The van der Waals surface area contributed by atoms with Crippen LogP contribution in [0, 0.1) is 10.1 Å². The highest BCUT2D eigenvalue weighted by Crippen LogP contribution is 2.31. The zero-order chi connectivity index (χ0) is 19.3. The smallest absolute Gasteiger partial charge is 0.338 e. The highest BCUT2D eigenvalue weighted by molar-refractivity contribution is 5.93. The number of hydrogen-bond donors (Lipinski definition) is 1. The van der Waals surface area contributed by atoms with E-state index < -0.39 is 23.4 Å². The molecule has 26 heavy (non-hydrogen) atoms. The molecule has 0 spiro atoms. The van der Waals surface area contributed by atoms with Crippen molar-refractivity contribution in [3.63, 3.8) is 0 Å². The predicted molar refractivity (Wildman–Crippen MR) is 97.3 cm³/mol. The zero-order valence-corrected chi connectivity index (χ0v) is 15.4. The Morgan fingerprint density at radius 1 is 1.31 bits per heavy atom. The Hall–Kier alpha value is -2.64. The van der Waals surface area contributed by atoms with Crippen molar-refractivity contribution in [2.75, 3.05) is 24.6 Å². The number of carbonyl (C=O) groups is 2. The maximum Gasteiger partial charge on any atom is 0.338 e. The number of carbonyl (C=O) groups excluding carboxylic acids is 2. The first-order valence-electron chi connectivity index (χ1n) is 8.75. The van der Waals surface area contributed by atoms with Crippen molar-refractivity contribution in [3.05, 3.63) is 33.9 Å². The minimum absolute atomic E-state index is 0.0576. The molecule has 1 N–H and O–H groups in total. The summed E-state index contributed by atoms with van der Waals surface area (Å²) in [4.78, 5) is 36.8. The van der Waals surface area contributed by atoms with Gasteiger partial charge in [-0.15, -0.1) is 0 Å². The molecule has 0 aromatic heterocycles. The van der Waals surface area contributed by atoms with Crippen LogP contribution < -0.4 is 10.2 Å². The number of nitrogens with one attached hydrogen (secondary N) is 1. The molecule has 1 amide bonds. The Labute approximate surface area is 152 Å². The lowest BCUT2D eigenvalue weighted by atomic mass is 10.0. The van der Waals surface area contributed by atoms with Gasteiger partial charge in [-0.25, -0.2) is 4.79 Å². The number of esters is 1. The van der Waals surface area contributed by atoms with Gasteiger partial charge in [0.15, 0.2) is 6.61 Å². The molecular weight excluding hydrogens is 338 g/mol. The van der Waals surface area contributed by atoms with E-state index in [1.165, 1.54) is 12.1 Å². The second-order valence-electron chi connectivity index (χ2n) is 7.02. The van der Waals surface area contributed by atoms with Crippen LogP contribution >= 0.6 is 0 Å². The second-order valence-corrected chi connectivity index (χ2v) is 7.02. The Kier molecular flexibility index (Phi) is 6.18. The van der Waals surface area contributed by atoms with Gasteiger partial charge in [0.2, 0.25) is 0 Å². The molecule has 0 bridgehead atoms. The van der Waals surface area contributed by atoms with E-state index in [0.717, 1.165) is 32.4 Å². The SMILES string of the molecule is CCC(C)(C)NC(=O)COC(=O)c1ccc(N2CCCC2)c([N+](=O)[O-])c1. The van der Waals surface area contributed by atoms with Gasteiger partial charge in [0, 0.05) is 24.7 Å². The van der Waals surface area contributed by atoms with E-state index in [2.05, 4.69) is 5.32 Å². The van der Waals surface area contributed by atoms with Gasteiger partial charge >= 0.3 is 5.97 Å². The Balaban J connectivity index is 2.06. The molecule has 1 heterocycles. The van der Waals surface area contributed by atoms with Gasteiger partial charge in [0.05, 0.1) is 10.5 Å². The number of rotatable bonds is 7. The van der Waals surface area contributed by atoms with Crippen LogP contribution in [0.15, 0.2) is 18.2 Å². The fraction of sp³-hybridized carbons (Fsp3) is 0.556. The van der Waals surface area contributed by atoms with E-state index >= 15 is 0 Å². The fourth-order valence-electron chi connectivity index (χ4n) is 2.74. The number of benzene rings is 1. The molecule has 0 aliphatic carbocycles. The maximum atomic E-state index is 12.2. The molecule has 1 aliphatic rings. The van der Waals surface area contributed by atoms with Gasteiger partial charge in [-0.1, -0.05) is 6.92 Å². The van der Waals surface area contributed by atoms with Crippen LogP contribution in [0.3, 0.4) is 0 Å². The van der Waals surface area contributed by atoms with E-state index in [9.17, 15) is 19.7 Å². The highest BCUT2D eigenvalue weighted by Gasteiger charge is 2.25. The number of nitro benzene ring substituents is 1. The quantitative estimate of drug-likeness (QED) is 0.454. The van der Waals surface area contributed by atoms with Crippen molar-refractivity contribution in [2.45, 2.75) is 45.6 Å². The van der Waals surface area contributed by atoms with Crippen LogP contribution in [-0.4, -0.2) is 42.0 Å². The lowest BCUT2D eigenvalue weighted by molar-refractivity contribution is -0.384. The monoisotopic (exact) mass is 363 g/mol. The first-order valence-corrected chi connectivity index (χ1v) is 8.75. The molecule has 8 nitrogen and oxygen atoms in total. The average Bonchev–Trinajstić information content (AvgIpc) is 3.13. The minimum Gasteiger partial charge on any atom is -0.452 e. The van der Waals surface area contributed by atoms with E-state index in [1.807, 2.05) is 25.7 Å². The molecule has 1 fully saturated rings. The third kappa shape index (κ3) is 4.93. The molecule has 0 saturated carbocycles. The van der Waals surface area contributed by atoms with Crippen LogP contribution in [0.2, 0.25) is 0 Å². The number of ether oxygens (including phenoxy) is 1. The molecule has 8 heteroatoms. The van der Waals surface area contributed by atoms with E-state index in [0.29, 0.717) is 5.69 Å². The molecule has 1 saturated heterocycles. The number of hydrogen-bond acceptors (Lipinski definition) is 6. The summed E-state index contributed by atoms with van der Waals surface area (Å²) in [5, 5.41) is 14.1. The van der Waals surface area contributed by atoms with Crippen molar-refractivity contribution < 1.29 is 19.2 Å². The topological polar surface area (TPSA) is 102 Å². The van der Waals surface area contributed by atoms with Gasteiger partial charge < -0.3 is 15.0 Å². The van der Waals surface area contributed by atoms with Gasteiger partial charge in [0.25, 0.3) is 11.6 Å². The average molecular weight is 363 g/mol. The number of amides is 1. The van der Waals surface area contributed by atoms with Crippen LogP contribution in [0.1, 0.15) is 50.4 Å². The Morgan fingerprint density at radius 2 is 1.96 bits per heavy atom. The fourth-order valence-corrected chi connectivity index (χ4v) is 2.74. The molecule has 2 rings (SSSR count). The third-order valence-corrected chi connectivity index (χ3v) is 4.55. The molecule has 0 radical (unpaired) electrons. The molecule has 1 aromatic carbocycles. The van der Waals surface area contributed by atoms with Crippen molar-refractivity contribution in [1.82, 2.24) is 5.32 Å². The van der Waals surface area contributed by atoms with Crippen molar-refractivity contribution in [3.8, 4) is 0 Å². The van der Waals surface area contributed by atoms with Crippen LogP contribution in [-0.2, 0) is 9.53 Å². The highest BCUT2D eigenvalue weighted by atomic mass is 16.6. The van der Waals surface area contributed by atoms with Crippen LogP contribution in [0.25, 0.3) is 0 Å². The summed E-state index contributed by atoms with van der Waals surface area (Å²) in [6.45, 7) is 6.77. The first-order chi connectivity index (χ1) is 12.2. The van der Waals surface area contributed by atoms with Crippen LogP contribution in [0.5, 0.6) is 0 Å². The first kappa shape index (κ1) is 19.7. The Morgan fingerprint density at radius 3 is 2.54 bits per heavy atom. The number of anilines is 1. The molecule has 1 aliphatic heterocycles. The van der Waals surface area contributed by atoms with Gasteiger partial charge in [-0.3, -0.25) is 14.9 Å². The van der Waals surface area contributed by atoms with Gasteiger partial charge in [0.1, 0.15) is 5.69 Å². The summed E-state index contributed by atoms with van der Waals surface area (Å²) in [7, 11) is 0. The third-order valence-electron chi connectivity index (χ3n) is 4.55. The summed E-state index contributed by atoms with van der Waals surface area (Å²) in [6, 6.07) is 4.28. The van der Waals surface area contributed by atoms with Crippen molar-refractivity contribution in [1.29, 1.82) is 0 Å². The van der Waals surface area contributed by atoms with E-state index in [1.54, 1.807) is 6.07 Å². The summed E-state index contributed by atoms with van der Waals surface area (Å²) in [6.07, 6.45) is 2.71. The largest absolute Gasteiger partial charge is 0.452 e. The van der Waals surface area contributed by atoms with Crippen molar-refractivity contribution >= 4 is 23.3 Å². The lowest BCUT2D eigenvalue weighted by Crippen LogP contribution is -2.44. The molecular formula is C18H25N3O5. The predicted octanol–water partition coefficient (Wildman–Crippen LogP) is 2.66. The second kappa shape index (κ2) is 8.16. The van der Waals surface area contributed by atoms with E-state index in [4.69, 9.17) is 4.74 Å². The molecule has 1 aromatic rings. The van der Waals surface area contributed by atoms with Crippen LogP contribution in [0.4, 0.5) is 11.4 Å². The number of nitro groups is 1. The summed E-state index contributed by atoms with van der Waals surface area (Å²) in [5.74, 6) is -1.17.